The summed E-state index contributed by atoms with van der Waals surface area (Å²) >= 11 is 0. The summed E-state index contributed by atoms with van der Waals surface area (Å²) < 4.78 is 34.3. The summed E-state index contributed by atoms with van der Waals surface area (Å²) in [5.74, 6) is -1.84. The predicted molar refractivity (Wildman–Crippen MR) is 86.8 cm³/mol. The molecule has 1 aliphatic carbocycles. The zero-order valence-electron chi connectivity index (χ0n) is 13.3. The van der Waals surface area contributed by atoms with Crippen molar-refractivity contribution in [2.24, 2.45) is 0 Å². The lowest BCUT2D eigenvalue weighted by Crippen LogP contribution is -2.12. The minimum Gasteiger partial charge on any atom is -0.474 e. The Hall–Kier alpha value is -2.50. The van der Waals surface area contributed by atoms with Gasteiger partial charge in [-0.25, -0.2) is 13.8 Å². The number of aromatic nitrogens is 1. The molecular formula is C18H18F2N2O2. The van der Waals surface area contributed by atoms with Gasteiger partial charge in [-0.05, 0) is 55.5 Å². The quantitative estimate of drug-likeness (QED) is 0.908. The first-order chi connectivity index (χ1) is 11.5. The highest BCUT2D eigenvalue weighted by atomic mass is 19.1. The number of nitrogens with zero attached hydrogens (tertiary/aromatic N) is 1. The van der Waals surface area contributed by atoms with Gasteiger partial charge in [0.15, 0.2) is 0 Å². The van der Waals surface area contributed by atoms with Crippen LogP contribution >= 0.6 is 0 Å². The van der Waals surface area contributed by atoms with E-state index in [9.17, 15) is 13.6 Å². The molecule has 1 amide bonds. The second kappa shape index (κ2) is 6.95. The van der Waals surface area contributed by atoms with Crippen molar-refractivity contribution in [3.63, 3.8) is 0 Å². The van der Waals surface area contributed by atoms with E-state index in [0.717, 1.165) is 25.7 Å². The lowest BCUT2D eigenvalue weighted by Gasteiger charge is -2.16. The minimum atomic E-state index is -0.837. The Kier molecular flexibility index (Phi) is 4.74. The van der Waals surface area contributed by atoms with Gasteiger partial charge in [0.25, 0.3) is 0 Å². The number of hydrogen-bond acceptors (Lipinski definition) is 3. The standard InChI is InChI=1S/C18H18F2N2O2/c1-11(23)22-17-15(19)9-12(10-16(17)20)14-7-4-8-21-18(14)24-13-5-2-3-6-13/h4,7-10,13H,2-3,5-6H2,1H3,(H,22,23). The third-order valence-electron chi connectivity index (χ3n) is 4.01. The maximum Gasteiger partial charge on any atom is 0.221 e. The molecule has 0 aliphatic heterocycles. The molecule has 1 aromatic heterocycles. The van der Waals surface area contributed by atoms with Crippen LogP contribution in [0.2, 0.25) is 0 Å². The van der Waals surface area contributed by atoms with Crippen molar-refractivity contribution in [1.82, 2.24) is 4.98 Å². The SMILES string of the molecule is CC(=O)Nc1c(F)cc(-c2cccnc2OC2CCCC2)cc1F. The largest absolute Gasteiger partial charge is 0.474 e. The Balaban J connectivity index is 1.95. The summed E-state index contributed by atoms with van der Waals surface area (Å²) in [5, 5.41) is 2.16. The molecule has 0 bridgehead atoms. The van der Waals surface area contributed by atoms with Gasteiger partial charge in [-0.3, -0.25) is 4.79 Å². The van der Waals surface area contributed by atoms with E-state index in [-0.39, 0.29) is 6.10 Å². The summed E-state index contributed by atoms with van der Waals surface area (Å²) in [4.78, 5) is 15.3. The Bertz CT molecular complexity index is 735. The predicted octanol–water partition coefficient (Wildman–Crippen LogP) is 4.31. The molecule has 3 rings (SSSR count). The van der Waals surface area contributed by atoms with Gasteiger partial charge in [-0.1, -0.05) is 0 Å². The number of pyridine rings is 1. The number of rotatable bonds is 4. The average Bonchev–Trinajstić information content (AvgIpc) is 3.04. The molecule has 0 spiro atoms. The molecule has 24 heavy (non-hydrogen) atoms. The lowest BCUT2D eigenvalue weighted by molar-refractivity contribution is -0.114. The van der Waals surface area contributed by atoms with Crippen LogP contribution in [0.15, 0.2) is 30.5 Å². The van der Waals surface area contributed by atoms with Crippen LogP contribution in [-0.4, -0.2) is 17.0 Å². The van der Waals surface area contributed by atoms with Gasteiger partial charge < -0.3 is 10.1 Å². The molecule has 1 saturated carbocycles. The van der Waals surface area contributed by atoms with E-state index in [4.69, 9.17) is 4.74 Å². The smallest absolute Gasteiger partial charge is 0.221 e. The monoisotopic (exact) mass is 332 g/mol. The van der Waals surface area contributed by atoms with Gasteiger partial charge in [0.2, 0.25) is 11.8 Å². The number of anilines is 1. The zero-order chi connectivity index (χ0) is 17.1. The fourth-order valence-electron chi connectivity index (χ4n) is 2.89. The number of nitrogens with one attached hydrogen (secondary N) is 1. The minimum absolute atomic E-state index is 0.0898. The van der Waals surface area contributed by atoms with E-state index in [2.05, 4.69) is 10.3 Å². The number of carbonyl (C=O) groups is 1. The Morgan fingerprint density at radius 2 is 1.92 bits per heavy atom. The van der Waals surface area contributed by atoms with Crippen molar-refractivity contribution >= 4 is 11.6 Å². The first-order valence-corrected chi connectivity index (χ1v) is 7.93. The molecule has 4 nitrogen and oxygen atoms in total. The van der Waals surface area contributed by atoms with E-state index in [1.807, 2.05) is 0 Å². The van der Waals surface area contributed by atoms with Gasteiger partial charge in [-0.2, -0.15) is 0 Å². The third kappa shape index (κ3) is 3.53. The van der Waals surface area contributed by atoms with E-state index in [1.165, 1.54) is 19.1 Å². The molecular weight excluding hydrogens is 314 g/mol. The highest BCUT2D eigenvalue weighted by Crippen LogP contribution is 2.34. The molecule has 1 N–H and O–H groups in total. The highest BCUT2D eigenvalue weighted by molar-refractivity contribution is 5.89. The summed E-state index contributed by atoms with van der Waals surface area (Å²) in [7, 11) is 0. The first-order valence-electron chi connectivity index (χ1n) is 7.93. The van der Waals surface area contributed by atoms with Gasteiger partial charge in [0.05, 0.1) is 0 Å². The molecule has 0 atom stereocenters. The Morgan fingerprint density at radius 1 is 1.25 bits per heavy atom. The number of hydrogen-bond donors (Lipinski definition) is 1. The van der Waals surface area contributed by atoms with Gasteiger partial charge in [0.1, 0.15) is 23.4 Å². The third-order valence-corrected chi connectivity index (χ3v) is 4.01. The highest BCUT2D eigenvalue weighted by Gasteiger charge is 2.20. The lowest BCUT2D eigenvalue weighted by atomic mass is 10.1. The second-order valence-corrected chi connectivity index (χ2v) is 5.88. The van der Waals surface area contributed by atoms with E-state index in [0.29, 0.717) is 17.0 Å². The van der Waals surface area contributed by atoms with Crippen LogP contribution in [0.3, 0.4) is 0 Å². The van der Waals surface area contributed by atoms with Crippen molar-refractivity contribution in [2.45, 2.75) is 38.7 Å². The van der Waals surface area contributed by atoms with Crippen LogP contribution < -0.4 is 10.1 Å². The number of benzene rings is 1. The topological polar surface area (TPSA) is 51.2 Å². The van der Waals surface area contributed by atoms with Crippen LogP contribution in [-0.2, 0) is 4.79 Å². The molecule has 1 heterocycles. The fraction of sp³-hybridized carbons (Fsp3) is 0.333. The maximum atomic E-state index is 14.2. The molecule has 126 valence electrons. The number of ether oxygens (including phenoxy) is 1. The summed E-state index contributed by atoms with van der Waals surface area (Å²) in [6, 6.07) is 5.75. The summed E-state index contributed by atoms with van der Waals surface area (Å²) in [6.07, 6.45) is 5.82. The van der Waals surface area contributed by atoms with E-state index in [1.54, 1.807) is 18.3 Å². The first kappa shape index (κ1) is 16.4. The van der Waals surface area contributed by atoms with Crippen molar-refractivity contribution in [3.05, 3.63) is 42.1 Å². The van der Waals surface area contributed by atoms with E-state index >= 15 is 0 Å². The van der Waals surface area contributed by atoms with Gasteiger partial charge in [-0.15, -0.1) is 0 Å². The zero-order valence-corrected chi connectivity index (χ0v) is 13.3. The van der Waals surface area contributed by atoms with Crippen molar-refractivity contribution in [1.29, 1.82) is 0 Å². The fourth-order valence-corrected chi connectivity index (χ4v) is 2.89. The number of halogens is 2. The van der Waals surface area contributed by atoms with Crippen LogP contribution in [0.1, 0.15) is 32.6 Å². The van der Waals surface area contributed by atoms with Crippen LogP contribution in [0.25, 0.3) is 11.1 Å². The van der Waals surface area contributed by atoms with Crippen molar-refractivity contribution < 1.29 is 18.3 Å². The molecule has 0 saturated heterocycles. The Morgan fingerprint density at radius 3 is 2.54 bits per heavy atom. The van der Waals surface area contributed by atoms with Crippen molar-refractivity contribution in [2.75, 3.05) is 5.32 Å². The molecule has 0 radical (unpaired) electrons. The maximum absolute atomic E-state index is 14.2. The molecule has 1 fully saturated rings. The van der Waals surface area contributed by atoms with Gasteiger partial charge >= 0.3 is 0 Å². The van der Waals surface area contributed by atoms with Crippen molar-refractivity contribution in [3.8, 4) is 17.0 Å². The normalized spacial score (nSPS) is 14.6. The molecule has 0 unspecified atom stereocenters. The molecule has 6 heteroatoms. The molecule has 1 aliphatic rings. The van der Waals surface area contributed by atoms with Crippen LogP contribution in [0, 0.1) is 11.6 Å². The van der Waals surface area contributed by atoms with Crippen LogP contribution in [0.4, 0.5) is 14.5 Å². The number of carbonyl (C=O) groups excluding carboxylic acids is 1. The Labute approximate surface area is 138 Å². The van der Waals surface area contributed by atoms with Gasteiger partial charge in [0, 0.05) is 18.7 Å². The molecule has 2 aromatic rings. The summed E-state index contributed by atoms with van der Waals surface area (Å²) in [6.45, 7) is 1.20. The average molecular weight is 332 g/mol. The number of amides is 1. The molecule has 1 aromatic carbocycles. The van der Waals surface area contributed by atoms with E-state index < -0.39 is 23.2 Å². The summed E-state index contributed by atoms with van der Waals surface area (Å²) in [5.41, 5.74) is 0.394. The van der Waals surface area contributed by atoms with Crippen LogP contribution in [0.5, 0.6) is 5.88 Å². The second-order valence-electron chi connectivity index (χ2n) is 5.88.